The predicted octanol–water partition coefficient (Wildman–Crippen LogP) is 5.57. The zero-order valence-electron chi connectivity index (χ0n) is 27.8. The molecule has 47 heavy (non-hydrogen) atoms. The molecule has 0 fully saturated rings. The summed E-state index contributed by atoms with van der Waals surface area (Å²) < 4.78 is 30.2. The minimum atomic E-state index is -0.706. The molecule has 4 aromatic rings. The van der Waals surface area contributed by atoms with Crippen LogP contribution in [-0.4, -0.2) is 44.6 Å². The number of ether oxygens (including phenoxy) is 5. The molecule has 2 heterocycles. The van der Waals surface area contributed by atoms with Crippen molar-refractivity contribution in [3.05, 3.63) is 114 Å². The molecule has 9 nitrogen and oxygen atoms in total. The minimum Gasteiger partial charge on any atom is -0.497 e. The lowest BCUT2D eigenvalue weighted by atomic mass is 9.87. The van der Waals surface area contributed by atoms with Gasteiger partial charge in [0.15, 0.2) is 16.3 Å². The minimum absolute atomic E-state index is 0.0810. The molecule has 0 N–H and O–H groups in total. The first-order valence-corrected chi connectivity index (χ1v) is 16.2. The first-order chi connectivity index (χ1) is 22.5. The largest absolute Gasteiger partial charge is 0.497 e. The predicted molar refractivity (Wildman–Crippen MR) is 183 cm³/mol. The monoisotopic (exact) mass is 656 g/mol. The number of hydrogen-bond acceptors (Lipinski definition) is 9. The van der Waals surface area contributed by atoms with Gasteiger partial charge in [-0.1, -0.05) is 62.4 Å². The number of thiazole rings is 1. The van der Waals surface area contributed by atoms with Crippen LogP contribution in [0.15, 0.2) is 87.8 Å². The summed E-state index contributed by atoms with van der Waals surface area (Å²) >= 11 is 1.26. The van der Waals surface area contributed by atoms with Gasteiger partial charge >= 0.3 is 5.97 Å². The summed E-state index contributed by atoms with van der Waals surface area (Å²) in [7, 11) is 3.16. The van der Waals surface area contributed by atoms with Crippen LogP contribution in [-0.2, 0) is 14.9 Å². The summed E-state index contributed by atoms with van der Waals surface area (Å²) in [5.41, 5.74) is 3.37. The van der Waals surface area contributed by atoms with E-state index >= 15 is 0 Å². The second-order valence-corrected chi connectivity index (χ2v) is 13.0. The van der Waals surface area contributed by atoms with Gasteiger partial charge in [-0.05, 0) is 78.4 Å². The van der Waals surface area contributed by atoms with Gasteiger partial charge in [0.2, 0.25) is 0 Å². The summed E-state index contributed by atoms with van der Waals surface area (Å²) in [5, 5.41) is 0. The Kier molecular flexibility index (Phi) is 10.2. The number of aromatic nitrogens is 1. The Labute approximate surface area is 278 Å². The van der Waals surface area contributed by atoms with Gasteiger partial charge in [-0.15, -0.1) is 0 Å². The van der Waals surface area contributed by atoms with Crippen LogP contribution in [0.2, 0.25) is 0 Å². The summed E-state index contributed by atoms with van der Waals surface area (Å²) in [6.45, 7) is 10.9. The van der Waals surface area contributed by atoms with E-state index in [2.05, 4.69) is 37.9 Å². The Morgan fingerprint density at radius 3 is 2.23 bits per heavy atom. The number of benzene rings is 3. The number of nitrogens with zero attached hydrogens (tertiary/aromatic N) is 2. The lowest BCUT2D eigenvalue weighted by Gasteiger charge is -2.24. The van der Waals surface area contributed by atoms with Crippen LogP contribution in [0.4, 0.5) is 0 Å². The summed E-state index contributed by atoms with van der Waals surface area (Å²) in [6, 6.07) is 20.2. The van der Waals surface area contributed by atoms with Crippen molar-refractivity contribution in [3.63, 3.8) is 0 Å². The van der Waals surface area contributed by atoms with Crippen LogP contribution < -0.4 is 33.8 Å². The fourth-order valence-electron chi connectivity index (χ4n) is 5.30. The molecule has 1 atom stereocenters. The molecule has 10 heteroatoms. The maximum atomic E-state index is 14.0. The normalized spacial score (nSPS) is 14.7. The fourth-order valence-corrected chi connectivity index (χ4v) is 6.35. The van der Waals surface area contributed by atoms with Gasteiger partial charge < -0.3 is 23.7 Å². The molecule has 0 bridgehead atoms. The molecule has 0 spiro atoms. The molecular weight excluding hydrogens is 616 g/mol. The Bertz CT molecular complexity index is 1950. The number of carbonyl (C=O) groups excluding carboxylic acids is 1. The van der Waals surface area contributed by atoms with Crippen LogP contribution in [0.5, 0.6) is 23.0 Å². The molecule has 1 aromatic heterocycles. The van der Waals surface area contributed by atoms with Gasteiger partial charge in [-0.25, -0.2) is 9.79 Å². The highest BCUT2D eigenvalue weighted by Crippen LogP contribution is 2.32. The Balaban J connectivity index is 1.39. The second kappa shape index (κ2) is 14.3. The highest BCUT2D eigenvalue weighted by atomic mass is 32.1. The highest BCUT2D eigenvalue weighted by Gasteiger charge is 2.33. The molecule has 1 unspecified atom stereocenters. The molecule has 1 aliphatic rings. The quantitative estimate of drug-likeness (QED) is 0.154. The van der Waals surface area contributed by atoms with Crippen LogP contribution in [0.25, 0.3) is 6.08 Å². The van der Waals surface area contributed by atoms with Crippen molar-refractivity contribution in [2.75, 3.05) is 34.0 Å². The average Bonchev–Trinajstić information content (AvgIpc) is 3.36. The molecule has 0 radical (unpaired) electrons. The van der Waals surface area contributed by atoms with Crippen LogP contribution >= 0.6 is 11.3 Å². The number of carbonyl (C=O) groups is 1. The maximum Gasteiger partial charge on any atom is 0.338 e. The van der Waals surface area contributed by atoms with Gasteiger partial charge in [0.05, 0.1) is 42.7 Å². The van der Waals surface area contributed by atoms with Crippen molar-refractivity contribution in [2.45, 2.75) is 46.1 Å². The zero-order chi connectivity index (χ0) is 33.7. The number of methoxy groups -OCH3 is 2. The topological polar surface area (TPSA) is 97.6 Å². The Morgan fingerprint density at radius 2 is 1.60 bits per heavy atom. The number of esters is 1. The van der Waals surface area contributed by atoms with Gasteiger partial charge in [0.1, 0.15) is 24.7 Å². The van der Waals surface area contributed by atoms with Gasteiger partial charge in [-0.3, -0.25) is 9.36 Å². The molecular formula is C37H40N2O7S. The number of allylic oxidation sites excluding steroid dienone is 1. The van der Waals surface area contributed by atoms with Gasteiger partial charge in [0.25, 0.3) is 5.56 Å². The molecule has 3 aromatic carbocycles. The van der Waals surface area contributed by atoms with Crippen LogP contribution in [0.1, 0.15) is 57.4 Å². The second-order valence-electron chi connectivity index (χ2n) is 12.0. The van der Waals surface area contributed by atoms with Crippen molar-refractivity contribution in [1.29, 1.82) is 0 Å². The zero-order valence-corrected chi connectivity index (χ0v) is 28.6. The summed E-state index contributed by atoms with van der Waals surface area (Å²) in [4.78, 5) is 32.2. The summed E-state index contributed by atoms with van der Waals surface area (Å²) in [5.74, 6) is 2.03. The van der Waals surface area contributed by atoms with Crippen LogP contribution in [0.3, 0.4) is 0 Å². The molecule has 1 aliphatic heterocycles. The van der Waals surface area contributed by atoms with Gasteiger partial charge in [-0.2, -0.15) is 0 Å². The van der Waals surface area contributed by atoms with Crippen molar-refractivity contribution >= 4 is 23.4 Å². The first-order valence-electron chi connectivity index (χ1n) is 15.4. The first kappa shape index (κ1) is 33.5. The summed E-state index contributed by atoms with van der Waals surface area (Å²) in [6.07, 6.45) is 1.79. The third-order valence-electron chi connectivity index (χ3n) is 7.76. The van der Waals surface area contributed by atoms with E-state index in [1.165, 1.54) is 16.9 Å². The van der Waals surface area contributed by atoms with Gasteiger partial charge in [0, 0.05) is 0 Å². The van der Waals surface area contributed by atoms with E-state index in [0.717, 1.165) is 16.9 Å². The van der Waals surface area contributed by atoms with Crippen molar-refractivity contribution < 1.29 is 28.5 Å². The molecule has 5 rings (SSSR count). The molecule has 0 saturated heterocycles. The average molecular weight is 657 g/mol. The highest BCUT2D eigenvalue weighted by molar-refractivity contribution is 7.07. The third-order valence-corrected chi connectivity index (χ3v) is 8.75. The van der Waals surface area contributed by atoms with E-state index in [1.54, 1.807) is 50.8 Å². The van der Waals surface area contributed by atoms with E-state index in [1.807, 2.05) is 42.5 Å². The van der Waals surface area contributed by atoms with Crippen molar-refractivity contribution in [2.24, 2.45) is 4.99 Å². The van der Waals surface area contributed by atoms with E-state index < -0.39 is 12.0 Å². The van der Waals surface area contributed by atoms with Crippen molar-refractivity contribution in [3.8, 4) is 23.0 Å². The molecule has 0 saturated carbocycles. The number of hydrogen-bond donors (Lipinski definition) is 0. The Hall–Kier alpha value is -4.83. The third kappa shape index (κ3) is 7.44. The van der Waals surface area contributed by atoms with E-state index in [-0.39, 0.29) is 17.6 Å². The lowest BCUT2D eigenvalue weighted by molar-refractivity contribution is -0.139. The smallest absolute Gasteiger partial charge is 0.338 e. The number of fused-ring (bicyclic) bond motifs is 1. The van der Waals surface area contributed by atoms with Crippen molar-refractivity contribution in [1.82, 2.24) is 4.57 Å². The molecule has 0 aliphatic carbocycles. The standard InChI is InChI=1S/C37H40N2O7S/c1-8-44-35(41)32-23(2)38-36-39(33(32)25-10-14-27(42-6)15-11-25)34(40)31(47-36)22-24-9-18-29(30(21-24)43-7)46-20-19-45-28-16-12-26(13-17-28)37(3,4)5/h9-18,21-22,33H,8,19-20H2,1-7H3. The van der Waals surface area contributed by atoms with E-state index in [9.17, 15) is 9.59 Å². The maximum absolute atomic E-state index is 14.0. The molecule has 246 valence electrons. The fraction of sp³-hybridized carbons (Fsp3) is 0.324. The van der Waals surface area contributed by atoms with Crippen LogP contribution in [0, 0.1) is 0 Å². The lowest BCUT2D eigenvalue weighted by Crippen LogP contribution is -2.39. The van der Waals surface area contributed by atoms with E-state index in [4.69, 9.17) is 23.7 Å². The van der Waals surface area contributed by atoms with E-state index in [0.29, 0.717) is 51.1 Å². The SMILES string of the molecule is CCOC(=O)C1=C(C)N=c2sc(=Cc3ccc(OCCOc4ccc(C(C)(C)C)cc4)c(OC)c3)c(=O)n2C1c1ccc(OC)cc1. The number of rotatable bonds is 11. The Morgan fingerprint density at radius 1 is 0.915 bits per heavy atom. The molecule has 0 amide bonds.